The third kappa shape index (κ3) is 3.59. The molecule has 1 saturated heterocycles. The molecule has 1 atom stereocenters. The lowest BCUT2D eigenvalue weighted by Crippen LogP contribution is -2.42. The molecule has 1 aromatic carbocycles. The van der Waals surface area contributed by atoms with Crippen LogP contribution in [-0.4, -0.2) is 27.5 Å². The molecular formula is C15H24N2O2S. The minimum atomic E-state index is -3.42. The number of hydrogen-bond acceptors (Lipinski definition) is 3. The van der Waals surface area contributed by atoms with E-state index in [-0.39, 0.29) is 6.04 Å². The molecule has 0 amide bonds. The van der Waals surface area contributed by atoms with Crippen LogP contribution in [0.2, 0.25) is 0 Å². The monoisotopic (exact) mass is 296 g/mol. The second-order valence-electron chi connectivity index (χ2n) is 5.74. The Labute approximate surface area is 122 Å². The highest BCUT2D eigenvalue weighted by Gasteiger charge is 2.25. The smallest absolute Gasteiger partial charge is 0.240 e. The lowest BCUT2D eigenvalue weighted by Gasteiger charge is -2.28. The largest absolute Gasteiger partial charge is 0.317 e. The van der Waals surface area contributed by atoms with Gasteiger partial charge in [-0.3, -0.25) is 0 Å². The maximum Gasteiger partial charge on any atom is 0.240 e. The Kier molecular flexibility index (Phi) is 4.83. The van der Waals surface area contributed by atoms with Gasteiger partial charge >= 0.3 is 0 Å². The highest BCUT2D eigenvalue weighted by molar-refractivity contribution is 7.89. The molecule has 0 aliphatic carbocycles. The standard InChI is InChI=1S/C15H24N2O2S/c1-11-4-5-15(10-12(11)2)20(18,19)17-13(3)14-6-8-16-9-7-14/h4-5,10,13-14,16-17H,6-9H2,1-3H3. The average Bonchev–Trinajstić information content (AvgIpc) is 2.42. The lowest BCUT2D eigenvalue weighted by molar-refractivity contribution is 0.316. The van der Waals surface area contributed by atoms with Crippen LogP contribution in [0.15, 0.2) is 23.1 Å². The van der Waals surface area contributed by atoms with Crippen LogP contribution in [-0.2, 0) is 10.0 Å². The molecule has 1 heterocycles. The van der Waals surface area contributed by atoms with Gasteiger partial charge in [-0.1, -0.05) is 6.07 Å². The summed E-state index contributed by atoms with van der Waals surface area (Å²) in [5, 5.41) is 3.30. The summed E-state index contributed by atoms with van der Waals surface area (Å²) in [7, 11) is -3.42. The molecule has 1 fully saturated rings. The Hall–Kier alpha value is -0.910. The second-order valence-corrected chi connectivity index (χ2v) is 7.46. The molecule has 2 rings (SSSR count). The predicted molar refractivity (Wildman–Crippen MR) is 81.3 cm³/mol. The third-order valence-electron chi connectivity index (χ3n) is 4.22. The first kappa shape index (κ1) is 15.5. The molecule has 0 aromatic heterocycles. The Morgan fingerprint density at radius 2 is 1.85 bits per heavy atom. The van der Waals surface area contributed by atoms with Crippen molar-refractivity contribution in [2.24, 2.45) is 5.92 Å². The molecule has 20 heavy (non-hydrogen) atoms. The Morgan fingerprint density at radius 1 is 1.20 bits per heavy atom. The molecule has 1 aliphatic heterocycles. The fraction of sp³-hybridized carbons (Fsp3) is 0.600. The number of rotatable bonds is 4. The normalized spacial score (nSPS) is 18.9. The Bertz CT molecular complexity index is 563. The topological polar surface area (TPSA) is 58.2 Å². The summed E-state index contributed by atoms with van der Waals surface area (Å²) in [5.41, 5.74) is 2.11. The summed E-state index contributed by atoms with van der Waals surface area (Å²) in [6.45, 7) is 7.83. The fourth-order valence-electron chi connectivity index (χ4n) is 2.63. The van der Waals surface area contributed by atoms with E-state index in [1.54, 1.807) is 12.1 Å². The SMILES string of the molecule is Cc1ccc(S(=O)(=O)NC(C)C2CCNCC2)cc1C. The van der Waals surface area contributed by atoms with E-state index in [1.165, 1.54) is 0 Å². The number of aryl methyl sites for hydroxylation is 2. The van der Waals surface area contributed by atoms with Gasteiger partial charge in [0.25, 0.3) is 0 Å². The van der Waals surface area contributed by atoms with Crippen molar-refractivity contribution >= 4 is 10.0 Å². The van der Waals surface area contributed by atoms with Gasteiger partial charge in [0.05, 0.1) is 4.90 Å². The average molecular weight is 296 g/mol. The van der Waals surface area contributed by atoms with Gasteiger partial charge in [-0.2, -0.15) is 0 Å². The summed E-state index contributed by atoms with van der Waals surface area (Å²) in [6.07, 6.45) is 2.05. The zero-order valence-electron chi connectivity index (χ0n) is 12.4. The van der Waals surface area contributed by atoms with Crippen molar-refractivity contribution in [1.82, 2.24) is 10.0 Å². The number of benzene rings is 1. The first-order valence-corrected chi connectivity index (χ1v) is 8.69. The van der Waals surface area contributed by atoms with Crippen molar-refractivity contribution < 1.29 is 8.42 Å². The summed E-state index contributed by atoms with van der Waals surface area (Å²) in [5.74, 6) is 0.414. The summed E-state index contributed by atoms with van der Waals surface area (Å²) in [6, 6.07) is 5.26. The molecule has 2 N–H and O–H groups in total. The van der Waals surface area contributed by atoms with E-state index in [0.29, 0.717) is 10.8 Å². The van der Waals surface area contributed by atoms with Crippen molar-refractivity contribution in [2.75, 3.05) is 13.1 Å². The number of sulfonamides is 1. The van der Waals surface area contributed by atoms with E-state index in [2.05, 4.69) is 10.0 Å². The molecular weight excluding hydrogens is 272 g/mol. The van der Waals surface area contributed by atoms with Crippen molar-refractivity contribution in [3.8, 4) is 0 Å². The molecule has 0 radical (unpaired) electrons. The number of nitrogens with one attached hydrogen (secondary N) is 2. The van der Waals surface area contributed by atoms with Gasteiger partial charge in [-0.15, -0.1) is 0 Å². The summed E-state index contributed by atoms with van der Waals surface area (Å²) in [4.78, 5) is 0.362. The molecule has 5 heteroatoms. The van der Waals surface area contributed by atoms with Gasteiger partial charge in [-0.25, -0.2) is 13.1 Å². The zero-order valence-corrected chi connectivity index (χ0v) is 13.3. The fourth-order valence-corrected chi connectivity index (χ4v) is 4.03. The maximum atomic E-state index is 12.4. The molecule has 112 valence electrons. The van der Waals surface area contributed by atoms with Crippen molar-refractivity contribution in [3.63, 3.8) is 0 Å². The van der Waals surface area contributed by atoms with Crippen LogP contribution in [0, 0.1) is 19.8 Å². The molecule has 4 nitrogen and oxygen atoms in total. The van der Waals surface area contributed by atoms with E-state index in [4.69, 9.17) is 0 Å². The molecule has 0 saturated carbocycles. The summed E-state index contributed by atoms with van der Waals surface area (Å²) < 4.78 is 27.7. The van der Waals surface area contributed by atoms with Crippen LogP contribution in [0.3, 0.4) is 0 Å². The molecule has 1 unspecified atom stereocenters. The molecule has 1 aromatic rings. The Balaban J connectivity index is 2.11. The van der Waals surface area contributed by atoms with Gasteiger partial charge in [0.15, 0.2) is 0 Å². The highest BCUT2D eigenvalue weighted by atomic mass is 32.2. The zero-order chi connectivity index (χ0) is 14.8. The number of hydrogen-bond donors (Lipinski definition) is 2. The van der Waals surface area contributed by atoms with E-state index < -0.39 is 10.0 Å². The molecule has 1 aliphatic rings. The first-order chi connectivity index (χ1) is 9.40. The minimum Gasteiger partial charge on any atom is -0.317 e. The Morgan fingerprint density at radius 3 is 2.45 bits per heavy atom. The van der Waals surface area contributed by atoms with Crippen LogP contribution in [0.25, 0.3) is 0 Å². The van der Waals surface area contributed by atoms with E-state index in [0.717, 1.165) is 37.1 Å². The van der Waals surface area contributed by atoms with Gasteiger partial charge < -0.3 is 5.32 Å². The van der Waals surface area contributed by atoms with Crippen LogP contribution in [0.5, 0.6) is 0 Å². The highest BCUT2D eigenvalue weighted by Crippen LogP contribution is 2.20. The molecule has 0 spiro atoms. The van der Waals surface area contributed by atoms with Gasteiger partial charge in [0.2, 0.25) is 10.0 Å². The maximum absolute atomic E-state index is 12.4. The van der Waals surface area contributed by atoms with E-state index in [1.807, 2.05) is 26.8 Å². The van der Waals surface area contributed by atoms with Gasteiger partial charge in [0, 0.05) is 6.04 Å². The van der Waals surface area contributed by atoms with Gasteiger partial charge in [0.1, 0.15) is 0 Å². The molecule has 0 bridgehead atoms. The number of piperidine rings is 1. The first-order valence-electron chi connectivity index (χ1n) is 7.20. The van der Waals surface area contributed by atoms with E-state index >= 15 is 0 Å². The third-order valence-corrected chi connectivity index (χ3v) is 5.78. The van der Waals surface area contributed by atoms with Crippen molar-refractivity contribution in [2.45, 2.75) is 44.6 Å². The van der Waals surface area contributed by atoms with Crippen LogP contribution >= 0.6 is 0 Å². The van der Waals surface area contributed by atoms with Crippen molar-refractivity contribution in [1.29, 1.82) is 0 Å². The predicted octanol–water partition coefficient (Wildman–Crippen LogP) is 1.97. The van der Waals surface area contributed by atoms with E-state index in [9.17, 15) is 8.42 Å². The van der Waals surface area contributed by atoms with Crippen LogP contribution < -0.4 is 10.0 Å². The van der Waals surface area contributed by atoms with Crippen LogP contribution in [0.1, 0.15) is 30.9 Å². The quantitative estimate of drug-likeness (QED) is 0.893. The van der Waals surface area contributed by atoms with Gasteiger partial charge in [-0.05, 0) is 75.9 Å². The van der Waals surface area contributed by atoms with Crippen LogP contribution in [0.4, 0.5) is 0 Å². The summed E-state index contributed by atoms with van der Waals surface area (Å²) >= 11 is 0. The van der Waals surface area contributed by atoms with Crippen molar-refractivity contribution in [3.05, 3.63) is 29.3 Å². The second kappa shape index (κ2) is 6.24. The minimum absolute atomic E-state index is 0.0243. The lowest BCUT2D eigenvalue weighted by atomic mass is 9.92.